The van der Waals surface area contributed by atoms with Crippen molar-refractivity contribution >= 4 is 75.9 Å². The van der Waals surface area contributed by atoms with Crippen LogP contribution in [-0.4, -0.2) is 19.9 Å². The van der Waals surface area contributed by atoms with Crippen LogP contribution < -0.4 is 0 Å². The van der Waals surface area contributed by atoms with Crippen molar-refractivity contribution in [3.05, 3.63) is 158 Å². The minimum absolute atomic E-state index is 0.897. The van der Waals surface area contributed by atoms with E-state index in [2.05, 4.69) is 126 Å². The van der Waals surface area contributed by atoms with Gasteiger partial charge in [-0.05, 0) is 74.3 Å². The van der Waals surface area contributed by atoms with E-state index in [-0.39, 0.29) is 0 Å². The summed E-state index contributed by atoms with van der Waals surface area (Å²) in [6.07, 6.45) is 3.83. The highest BCUT2D eigenvalue weighted by atomic mass is 14.8. The Morgan fingerprint density at radius 2 is 0.960 bits per heavy atom. The molecule has 4 heteroatoms. The van der Waals surface area contributed by atoms with Crippen molar-refractivity contribution in [2.24, 2.45) is 0 Å². The maximum atomic E-state index is 5.36. The number of pyridine rings is 4. The highest BCUT2D eigenvalue weighted by Crippen LogP contribution is 2.42. The summed E-state index contributed by atoms with van der Waals surface area (Å²) in [4.78, 5) is 20.0. The van der Waals surface area contributed by atoms with Crippen LogP contribution in [0, 0.1) is 0 Å². The monoisotopic (exact) mass is 634 g/mol. The van der Waals surface area contributed by atoms with Gasteiger partial charge in [0.1, 0.15) is 0 Å². The molecule has 0 bridgehead atoms. The van der Waals surface area contributed by atoms with E-state index in [1.807, 2.05) is 36.7 Å². The molecule has 0 N–H and O–H groups in total. The summed E-state index contributed by atoms with van der Waals surface area (Å²) in [5, 5.41) is 11.8. The Balaban J connectivity index is 1.12. The molecule has 0 aliphatic rings. The lowest BCUT2D eigenvalue weighted by molar-refractivity contribution is 1.37. The minimum Gasteiger partial charge on any atom is -0.256 e. The fourth-order valence-electron chi connectivity index (χ4n) is 7.89. The summed E-state index contributed by atoms with van der Waals surface area (Å²) >= 11 is 0. The van der Waals surface area contributed by atoms with Crippen molar-refractivity contribution in [3.8, 4) is 33.6 Å². The van der Waals surface area contributed by atoms with Gasteiger partial charge < -0.3 is 0 Å². The molecule has 11 rings (SSSR count). The number of aromatic nitrogens is 4. The Morgan fingerprint density at radius 1 is 0.360 bits per heavy atom. The Morgan fingerprint density at radius 3 is 1.72 bits per heavy atom. The van der Waals surface area contributed by atoms with Gasteiger partial charge in [0.15, 0.2) is 0 Å². The van der Waals surface area contributed by atoms with Gasteiger partial charge in [-0.3, -0.25) is 9.97 Å². The topological polar surface area (TPSA) is 51.6 Å². The number of hydrogen-bond acceptors (Lipinski definition) is 4. The summed E-state index contributed by atoms with van der Waals surface area (Å²) in [6.45, 7) is 0. The van der Waals surface area contributed by atoms with E-state index in [1.54, 1.807) is 0 Å². The van der Waals surface area contributed by atoms with Crippen molar-refractivity contribution in [2.75, 3.05) is 0 Å². The van der Waals surface area contributed by atoms with Gasteiger partial charge in [0.05, 0.1) is 33.5 Å². The Hall–Kier alpha value is -6.78. The van der Waals surface area contributed by atoms with Crippen LogP contribution in [0.4, 0.5) is 0 Å². The molecular weight excluding hydrogens is 609 g/mol. The third kappa shape index (κ3) is 3.99. The predicted molar refractivity (Wildman–Crippen MR) is 208 cm³/mol. The normalized spacial score (nSPS) is 12.0. The van der Waals surface area contributed by atoms with E-state index in [4.69, 9.17) is 15.0 Å². The van der Waals surface area contributed by atoms with Crippen LogP contribution >= 0.6 is 0 Å². The van der Waals surface area contributed by atoms with Crippen LogP contribution in [-0.2, 0) is 0 Å². The van der Waals surface area contributed by atoms with Gasteiger partial charge in [0.25, 0.3) is 0 Å². The number of hydrogen-bond donors (Lipinski definition) is 0. The molecule has 0 fully saturated rings. The maximum absolute atomic E-state index is 5.36. The SMILES string of the molecule is c1ccc2ncc(-c3ccc4ccc5c(-c6ccc7ccc8ccc(-c9cccc%10ncccc9%10)nc8c7n6)ccc6ccc3c4c65)cc2c1. The summed E-state index contributed by atoms with van der Waals surface area (Å²) in [6, 6.07) is 51.7. The van der Waals surface area contributed by atoms with Gasteiger partial charge in [0.2, 0.25) is 0 Å². The fourth-order valence-corrected chi connectivity index (χ4v) is 7.89. The molecule has 0 aliphatic heterocycles. The van der Waals surface area contributed by atoms with E-state index in [0.717, 1.165) is 71.7 Å². The number of benzene rings is 7. The average Bonchev–Trinajstić information content (AvgIpc) is 3.19. The van der Waals surface area contributed by atoms with Gasteiger partial charge in [-0.25, -0.2) is 9.97 Å². The van der Waals surface area contributed by atoms with E-state index < -0.39 is 0 Å². The van der Waals surface area contributed by atoms with E-state index >= 15 is 0 Å². The Labute approximate surface area is 286 Å². The second kappa shape index (κ2) is 10.4. The van der Waals surface area contributed by atoms with E-state index in [9.17, 15) is 0 Å². The van der Waals surface area contributed by atoms with Crippen LogP contribution in [0.1, 0.15) is 0 Å². The summed E-state index contributed by atoms with van der Waals surface area (Å²) in [5.41, 5.74) is 10.1. The molecule has 0 amide bonds. The first-order valence-corrected chi connectivity index (χ1v) is 16.9. The van der Waals surface area contributed by atoms with Crippen LogP contribution in [0.15, 0.2) is 158 Å². The molecule has 0 aliphatic carbocycles. The lowest BCUT2D eigenvalue weighted by Gasteiger charge is -2.16. The quantitative estimate of drug-likeness (QED) is 0.181. The first kappa shape index (κ1) is 27.2. The maximum Gasteiger partial charge on any atom is 0.0972 e. The highest BCUT2D eigenvalue weighted by molar-refractivity contribution is 6.27. The van der Waals surface area contributed by atoms with Gasteiger partial charge in [0, 0.05) is 50.6 Å². The Kier molecular flexibility index (Phi) is 5.63. The third-order valence-corrected chi connectivity index (χ3v) is 10.3. The number of fused-ring (bicyclic) bond motifs is 5. The van der Waals surface area contributed by atoms with Crippen molar-refractivity contribution in [2.45, 2.75) is 0 Å². The van der Waals surface area contributed by atoms with Crippen molar-refractivity contribution in [3.63, 3.8) is 0 Å². The zero-order valence-electron chi connectivity index (χ0n) is 26.8. The van der Waals surface area contributed by atoms with Crippen LogP contribution in [0.5, 0.6) is 0 Å². The Bertz CT molecular complexity index is 3160. The average molecular weight is 635 g/mol. The first-order chi connectivity index (χ1) is 24.8. The summed E-state index contributed by atoms with van der Waals surface area (Å²) in [7, 11) is 0. The van der Waals surface area contributed by atoms with Crippen molar-refractivity contribution in [1.29, 1.82) is 0 Å². The molecule has 0 saturated heterocycles. The first-order valence-electron chi connectivity index (χ1n) is 16.9. The van der Waals surface area contributed by atoms with Crippen molar-refractivity contribution in [1.82, 2.24) is 19.9 Å². The highest BCUT2D eigenvalue weighted by Gasteiger charge is 2.17. The molecule has 4 nitrogen and oxygen atoms in total. The second-order valence-corrected chi connectivity index (χ2v) is 13.0. The fraction of sp³-hybridized carbons (Fsp3) is 0. The molecule has 0 unspecified atom stereocenters. The number of rotatable bonds is 3. The lowest BCUT2D eigenvalue weighted by Crippen LogP contribution is -1.93. The molecule has 0 radical (unpaired) electrons. The molecule has 4 aromatic heterocycles. The molecule has 11 aromatic rings. The number of nitrogens with zero attached hydrogens (tertiary/aromatic N) is 4. The van der Waals surface area contributed by atoms with E-state index in [1.165, 1.54) is 37.9 Å². The smallest absolute Gasteiger partial charge is 0.0972 e. The molecule has 0 atom stereocenters. The molecule has 230 valence electrons. The zero-order chi connectivity index (χ0) is 32.8. The molecule has 7 aromatic carbocycles. The second-order valence-electron chi connectivity index (χ2n) is 13.0. The largest absolute Gasteiger partial charge is 0.256 e. The van der Waals surface area contributed by atoms with Gasteiger partial charge in [-0.15, -0.1) is 0 Å². The van der Waals surface area contributed by atoms with Gasteiger partial charge in [-0.2, -0.15) is 0 Å². The van der Waals surface area contributed by atoms with E-state index in [0.29, 0.717) is 0 Å². The van der Waals surface area contributed by atoms with Crippen LogP contribution in [0.3, 0.4) is 0 Å². The lowest BCUT2D eigenvalue weighted by atomic mass is 9.88. The third-order valence-electron chi connectivity index (χ3n) is 10.3. The molecule has 50 heavy (non-hydrogen) atoms. The summed E-state index contributed by atoms with van der Waals surface area (Å²) < 4.78 is 0. The predicted octanol–water partition coefficient (Wildman–Crippen LogP) is 11.8. The van der Waals surface area contributed by atoms with Gasteiger partial charge >= 0.3 is 0 Å². The van der Waals surface area contributed by atoms with Crippen molar-refractivity contribution < 1.29 is 0 Å². The molecule has 0 spiro atoms. The minimum atomic E-state index is 0.897. The standard InChI is InChI=1S/C46H26N4/c1-2-8-39-31(5-1)25-32(26-48-39)33-18-12-27-15-21-38-36(19-13-28-14-20-37(33)43(27)44(28)38)42-23-17-30-11-10-29-16-22-41(49-45(29)46(30)50-42)35-6-3-9-40-34(35)7-4-24-47-40/h1-26H. The molecular formula is C46H26N4. The molecule has 0 saturated carbocycles. The molecule has 4 heterocycles. The number of para-hydroxylation sites is 1. The van der Waals surface area contributed by atoms with Crippen LogP contribution in [0.2, 0.25) is 0 Å². The van der Waals surface area contributed by atoms with Gasteiger partial charge in [-0.1, -0.05) is 109 Å². The van der Waals surface area contributed by atoms with Crippen LogP contribution in [0.25, 0.3) is 110 Å². The zero-order valence-corrected chi connectivity index (χ0v) is 26.8. The summed E-state index contributed by atoms with van der Waals surface area (Å²) in [5.74, 6) is 0.